The van der Waals surface area contributed by atoms with E-state index in [2.05, 4.69) is 14.2 Å². The Kier molecular flexibility index (Phi) is 4.51. The molecule has 0 radical (unpaired) electrons. The molecule has 0 bridgehead atoms. The highest BCUT2D eigenvalue weighted by atomic mass is 16.6. The van der Waals surface area contributed by atoms with Crippen LogP contribution in [0.15, 0.2) is 24.3 Å². The van der Waals surface area contributed by atoms with Gasteiger partial charge in [0.1, 0.15) is 5.75 Å². The third-order valence-corrected chi connectivity index (χ3v) is 1.80. The fourth-order valence-electron chi connectivity index (χ4n) is 0.978. The second kappa shape index (κ2) is 6.12. The van der Waals surface area contributed by atoms with Crippen LogP contribution in [0, 0.1) is 11.5 Å². The highest BCUT2D eigenvalue weighted by Crippen LogP contribution is 2.12. The fraction of sp³-hybridized carbons (Fsp3) is 0.182. The normalized spacial score (nSPS) is 8.94. The van der Waals surface area contributed by atoms with Crippen LogP contribution < -0.4 is 4.74 Å². The zero-order valence-electron chi connectivity index (χ0n) is 9.00. The molecule has 0 atom stereocenters. The van der Waals surface area contributed by atoms with Gasteiger partial charge in [-0.15, -0.1) is 5.26 Å². The molecule has 0 N–H and O–H groups in total. The minimum atomic E-state index is -0.654. The van der Waals surface area contributed by atoms with Crippen LogP contribution in [0.2, 0.25) is 0 Å². The topological polar surface area (TPSA) is 85.6 Å². The number of esters is 2. The van der Waals surface area contributed by atoms with E-state index in [1.807, 2.05) is 0 Å². The molecule has 88 valence electrons. The first-order chi connectivity index (χ1) is 8.17. The third kappa shape index (κ3) is 3.83. The number of nitrogens with zero attached hydrogens (tertiary/aromatic N) is 1. The maximum Gasteiger partial charge on any atom is 0.344 e. The average molecular weight is 235 g/mol. The lowest BCUT2D eigenvalue weighted by Gasteiger charge is -2.03. The van der Waals surface area contributed by atoms with Crippen molar-refractivity contribution in [2.24, 2.45) is 0 Å². The largest absolute Gasteiger partial charge is 0.466 e. The molecule has 0 saturated carbocycles. The predicted octanol–water partition coefficient (Wildman–Crippen LogP) is 0.876. The van der Waals surface area contributed by atoms with E-state index in [0.717, 1.165) is 0 Å². The van der Waals surface area contributed by atoms with Crippen molar-refractivity contribution in [3.8, 4) is 12.0 Å². The minimum absolute atomic E-state index is 0.249. The molecule has 6 nitrogen and oxygen atoms in total. The predicted molar refractivity (Wildman–Crippen MR) is 55.0 cm³/mol. The maximum absolute atomic E-state index is 11.4. The number of hydrogen-bond donors (Lipinski definition) is 0. The van der Waals surface area contributed by atoms with E-state index in [0.29, 0.717) is 5.75 Å². The van der Waals surface area contributed by atoms with Crippen LogP contribution >= 0.6 is 0 Å². The fourth-order valence-corrected chi connectivity index (χ4v) is 0.978. The van der Waals surface area contributed by atoms with Crippen molar-refractivity contribution in [2.45, 2.75) is 0 Å². The van der Waals surface area contributed by atoms with Crippen LogP contribution in [0.5, 0.6) is 5.75 Å². The second-order valence-corrected chi connectivity index (χ2v) is 2.87. The number of carbonyl (C=O) groups is 2. The van der Waals surface area contributed by atoms with Gasteiger partial charge in [0.05, 0.1) is 12.7 Å². The Balaban J connectivity index is 2.58. The van der Waals surface area contributed by atoms with Crippen molar-refractivity contribution in [1.29, 1.82) is 5.26 Å². The SMILES string of the molecule is COC(=O)COC(=O)c1ccc(OC#N)cc1. The van der Waals surface area contributed by atoms with Gasteiger partial charge in [-0.2, -0.15) is 0 Å². The van der Waals surface area contributed by atoms with Gasteiger partial charge in [0, 0.05) is 0 Å². The van der Waals surface area contributed by atoms with Gasteiger partial charge in [0.25, 0.3) is 6.26 Å². The first-order valence-corrected chi connectivity index (χ1v) is 4.57. The summed E-state index contributed by atoms with van der Waals surface area (Å²) in [4.78, 5) is 22.1. The van der Waals surface area contributed by atoms with Crippen LogP contribution in [0.3, 0.4) is 0 Å². The van der Waals surface area contributed by atoms with Gasteiger partial charge in [-0.1, -0.05) is 0 Å². The van der Waals surface area contributed by atoms with Crippen LogP contribution in [0.1, 0.15) is 10.4 Å². The molecule has 0 aliphatic rings. The summed E-state index contributed by atoms with van der Waals surface area (Å²) in [6, 6.07) is 5.73. The molecule has 0 fully saturated rings. The quantitative estimate of drug-likeness (QED) is 0.568. The van der Waals surface area contributed by atoms with Crippen LogP contribution in [0.4, 0.5) is 0 Å². The molecule has 0 aromatic heterocycles. The summed E-state index contributed by atoms with van der Waals surface area (Å²) in [5, 5.41) is 8.26. The summed E-state index contributed by atoms with van der Waals surface area (Å²) in [6.07, 6.45) is 1.50. The zero-order chi connectivity index (χ0) is 12.7. The van der Waals surface area contributed by atoms with Crippen molar-refractivity contribution in [3.05, 3.63) is 29.8 Å². The van der Waals surface area contributed by atoms with E-state index in [-0.39, 0.29) is 5.56 Å². The highest BCUT2D eigenvalue weighted by Gasteiger charge is 2.10. The first-order valence-electron chi connectivity index (χ1n) is 4.57. The average Bonchev–Trinajstić information content (AvgIpc) is 2.36. The molecule has 0 amide bonds. The Morgan fingerprint density at radius 1 is 1.29 bits per heavy atom. The number of hydrogen-bond acceptors (Lipinski definition) is 6. The van der Waals surface area contributed by atoms with E-state index in [1.165, 1.54) is 37.6 Å². The van der Waals surface area contributed by atoms with Crippen LogP contribution in [-0.4, -0.2) is 25.7 Å². The Labute approximate surface area is 97.3 Å². The van der Waals surface area contributed by atoms with E-state index < -0.39 is 18.5 Å². The van der Waals surface area contributed by atoms with Crippen molar-refractivity contribution >= 4 is 11.9 Å². The Bertz CT molecular complexity index is 446. The number of nitriles is 1. The molecule has 0 spiro atoms. The van der Waals surface area contributed by atoms with Gasteiger partial charge < -0.3 is 14.2 Å². The van der Waals surface area contributed by atoms with Crippen molar-refractivity contribution < 1.29 is 23.8 Å². The van der Waals surface area contributed by atoms with E-state index in [1.54, 1.807) is 0 Å². The first kappa shape index (κ1) is 12.5. The molecule has 0 aliphatic carbocycles. The minimum Gasteiger partial charge on any atom is -0.466 e. The summed E-state index contributed by atoms with van der Waals surface area (Å²) in [5.74, 6) is -0.973. The lowest BCUT2D eigenvalue weighted by Crippen LogP contribution is -2.14. The van der Waals surface area contributed by atoms with Gasteiger partial charge in [0.15, 0.2) is 6.61 Å². The molecular weight excluding hydrogens is 226 g/mol. The molecule has 1 aromatic rings. The standard InChI is InChI=1S/C11H9NO5/c1-15-10(13)6-16-11(14)8-2-4-9(5-3-8)17-7-12/h2-5H,6H2,1H3. The van der Waals surface area contributed by atoms with E-state index in [9.17, 15) is 9.59 Å². The van der Waals surface area contributed by atoms with E-state index >= 15 is 0 Å². The van der Waals surface area contributed by atoms with Gasteiger partial charge in [-0.25, -0.2) is 9.59 Å². The molecule has 1 rings (SSSR count). The summed E-state index contributed by atoms with van der Waals surface area (Å²) < 4.78 is 13.5. The molecule has 0 aliphatic heterocycles. The van der Waals surface area contributed by atoms with Crippen molar-refractivity contribution in [2.75, 3.05) is 13.7 Å². The molecule has 1 aromatic carbocycles. The van der Waals surface area contributed by atoms with Gasteiger partial charge in [-0.05, 0) is 24.3 Å². The van der Waals surface area contributed by atoms with Crippen LogP contribution in [0.25, 0.3) is 0 Å². The van der Waals surface area contributed by atoms with Crippen molar-refractivity contribution in [1.82, 2.24) is 0 Å². The molecule has 17 heavy (non-hydrogen) atoms. The Morgan fingerprint density at radius 3 is 2.47 bits per heavy atom. The summed E-state index contributed by atoms with van der Waals surface area (Å²) in [5.41, 5.74) is 0.249. The third-order valence-electron chi connectivity index (χ3n) is 1.80. The summed E-state index contributed by atoms with van der Waals surface area (Å²) in [7, 11) is 1.20. The Hall–Kier alpha value is -2.55. The highest BCUT2D eigenvalue weighted by molar-refractivity contribution is 5.90. The number of ether oxygens (including phenoxy) is 3. The van der Waals surface area contributed by atoms with Crippen molar-refractivity contribution in [3.63, 3.8) is 0 Å². The van der Waals surface area contributed by atoms with Gasteiger partial charge in [0.2, 0.25) is 0 Å². The van der Waals surface area contributed by atoms with Crippen LogP contribution in [-0.2, 0) is 14.3 Å². The molecular formula is C11H9NO5. The molecule has 0 unspecified atom stereocenters. The summed E-state index contributed by atoms with van der Waals surface area (Å²) >= 11 is 0. The smallest absolute Gasteiger partial charge is 0.344 e. The maximum atomic E-state index is 11.4. The lowest BCUT2D eigenvalue weighted by atomic mass is 10.2. The zero-order valence-corrected chi connectivity index (χ0v) is 9.00. The lowest BCUT2D eigenvalue weighted by molar-refractivity contribution is -0.144. The monoisotopic (exact) mass is 235 g/mol. The molecule has 0 heterocycles. The number of rotatable bonds is 4. The van der Waals surface area contributed by atoms with E-state index in [4.69, 9.17) is 5.26 Å². The molecule has 6 heteroatoms. The molecule has 0 saturated heterocycles. The summed E-state index contributed by atoms with van der Waals surface area (Å²) in [6.45, 7) is -0.439. The second-order valence-electron chi connectivity index (χ2n) is 2.87. The Morgan fingerprint density at radius 2 is 1.94 bits per heavy atom. The number of benzene rings is 1. The number of carbonyl (C=O) groups excluding carboxylic acids is 2. The van der Waals surface area contributed by atoms with Gasteiger partial charge >= 0.3 is 11.9 Å². The van der Waals surface area contributed by atoms with Gasteiger partial charge in [-0.3, -0.25) is 0 Å². The number of methoxy groups -OCH3 is 1.